The lowest BCUT2D eigenvalue weighted by Gasteiger charge is -2.23. The first-order valence-electron chi connectivity index (χ1n) is 9.12. The minimum Gasteiger partial charge on any atom is -0.467 e. The molecule has 9 nitrogen and oxygen atoms in total. The Labute approximate surface area is 168 Å². The average molecular weight is 391 g/mol. The molecule has 0 fully saturated rings. The molecule has 0 spiro atoms. The van der Waals surface area contributed by atoms with E-state index in [1.807, 2.05) is 33.0 Å². The number of aromatic nitrogens is 4. The molecule has 1 aliphatic heterocycles. The van der Waals surface area contributed by atoms with Crippen LogP contribution >= 0.6 is 0 Å². The number of nitrogens with two attached hydrogens (primary N) is 1. The van der Waals surface area contributed by atoms with Crippen LogP contribution in [0, 0.1) is 18.3 Å². The second kappa shape index (κ2) is 7.07. The van der Waals surface area contributed by atoms with E-state index in [4.69, 9.17) is 15.3 Å². The summed E-state index contributed by atoms with van der Waals surface area (Å²) in [5.41, 5.74) is 10.3. The van der Waals surface area contributed by atoms with E-state index < -0.39 is 0 Å². The van der Waals surface area contributed by atoms with Crippen LogP contribution in [0.5, 0.6) is 11.8 Å². The fourth-order valence-electron chi connectivity index (χ4n) is 3.40. The summed E-state index contributed by atoms with van der Waals surface area (Å²) in [6.45, 7) is 4.47. The molecule has 1 aliphatic rings. The highest BCUT2D eigenvalue weighted by molar-refractivity contribution is 5.71. The Morgan fingerprint density at radius 2 is 2.07 bits per heavy atom. The summed E-state index contributed by atoms with van der Waals surface area (Å²) in [6, 6.07) is 8.31. The van der Waals surface area contributed by atoms with Crippen molar-refractivity contribution in [3.05, 3.63) is 46.8 Å². The van der Waals surface area contributed by atoms with Gasteiger partial charge < -0.3 is 15.3 Å². The predicted molar refractivity (Wildman–Crippen MR) is 106 cm³/mol. The average Bonchev–Trinajstić information content (AvgIpc) is 2.98. The lowest BCUT2D eigenvalue weighted by atomic mass is 10.0. The van der Waals surface area contributed by atoms with Crippen molar-refractivity contribution in [2.24, 2.45) is 7.05 Å². The molecule has 29 heavy (non-hydrogen) atoms. The van der Waals surface area contributed by atoms with Crippen molar-refractivity contribution in [2.75, 3.05) is 12.8 Å². The molecule has 0 aliphatic carbocycles. The highest BCUT2D eigenvalue weighted by Crippen LogP contribution is 2.35. The lowest BCUT2D eigenvalue weighted by molar-refractivity contribution is -0.0449. The molecular formula is C20H21N7O2. The molecule has 3 heterocycles. The third-order valence-electron chi connectivity index (χ3n) is 4.81. The number of aryl methyl sites for hydroxylation is 2. The van der Waals surface area contributed by atoms with E-state index in [9.17, 15) is 5.26 Å². The van der Waals surface area contributed by atoms with Crippen LogP contribution in [-0.2, 0) is 13.6 Å². The van der Waals surface area contributed by atoms with Gasteiger partial charge in [-0.15, -0.1) is 10.2 Å². The molecule has 1 aromatic carbocycles. The predicted octanol–water partition coefficient (Wildman–Crippen LogP) is 2.52. The van der Waals surface area contributed by atoms with Gasteiger partial charge in [0.2, 0.25) is 0 Å². The Bertz CT molecular complexity index is 1130. The van der Waals surface area contributed by atoms with Crippen molar-refractivity contribution < 1.29 is 9.57 Å². The van der Waals surface area contributed by atoms with E-state index in [-0.39, 0.29) is 23.7 Å². The van der Waals surface area contributed by atoms with Crippen molar-refractivity contribution in [1.82, 2.24) is 24.8 Å². The summed E-state index contributed by atoms with van der Waals surface area (Å²) < 4.78 is 7.56. The van der Waals surface area contributed by atoms with Gasteiger partial charge in [0.1, 0.15) is 23.4 Å². The molecule has 0 radical (unpaired) electrons. The molecular weight excluding hydrogens is 370 g/mol. The molecule has 2 aromatic heterocycles. The summed E-state index contributed by atoms with van der Waals surface area (Å²) in [4.78, 5) is 14.7. The van der Waals surface area contributed by atoms with Gasteiger partial charge in [0.05, 0.1) is 12.7 Å². The fraction of sp³-hybridized carbons (Fsp3) is 0.300. The Balaban J connectivity index is 1.93. The van der Waals surface area contributed by atoms with Crippen LogP contribution in [0.4, 0.5) is 5.82 Å². The summed E-state index contributed by atoms with van der Waals surface area (Å²) in [7, 11) is 3.49. The standard InChI is InChI=1S/C20H21N7O2/c1-11-5-6-13-10-26(3)29-19-17(16(8-21)27(4)25-19)15-9-23-18(22)20(24-15)28-12(2)14(13)7-11/h5-7,9,12H,10H2,1-4H3,(H2,22,23)/t12-/m1/s1. The van der Waals surface area contributed by atoms with Crippen LogP contribution in [0.1, 0.15) is 35.4 Å². The lowest BCUT2D eigenvalue weighted by Crippen LogP contribution is -2.24. The maximum Gasteiger partial charge on any atom is 0.267 e. The number of rotatable bonds is 0. The highest BCUT2D eigenvalue weighted by atomic mass is 16.7. The molecule has 1 atom stereocenters. The molecule has 2 N–H and O–H groups in total. The van der Waals surface area contributed by atoms with Crippen LogP contribution < -0.4 is 15.3 Å². The third-order valence-corrected chi connectivity index (χ3v) is 4.81. The molecule has 0 amide bonds. The van der Waals surface area contributed by atoms with Crippen molar-refractivity contribution in [2.45, 2.75) is 26.5 Å². The van der Waals surface area contributed by atoms with Crippen LogP contribution in [0.25, 0.3) is 11.3 Å². The van der Waals surface area contributed by atoms with Gasteiger partial charge in [-0.1, -0.05) is 23.8 Å². The van der Waals surface area contributed by atoms with Gasteiger partial charge in [-0.3, -0.25) is 4.68 Å². The minimum atomic E-state index is -0.312. The number of nitrogen functional groups attached to an aromatic ring is 1. The van der Waals surface area contributed by atoms with Crippen molar-refractivity contribution >= 4 is 5.82 Å². The molecule has 0 saturated heterocycles. The zero-order valence-electron chi connectivity index (χ0n) is 16.7. The Hall–Kier alpha value is -3.64. The van der Waals surface area contributed by atoms with Crippen molar-refractivity contribution in [1.29, 1.82) is 5.26 Å². The summed E-state index contributed by atoms with van der Waals surface area (Å²) in [6.07, 6.45) is 1.18. The van der Waals surface area contributed by atoms with E-state index in [0.717, 1.165) is 16.7 Å². The third kappa shape index (κ3) is 3.34. The number of benzene rings is 1. The SMILES string of the molecule is Cc1ccc2c(c1)[C@@H](C)Oc1nc(cnc1N)-c1c(nn(C)c1C#N)ON(C)C2. The maximum atomic E-state index is 9.62. The molecule has 0 saturated carbocycles. The van der Waals surface area contributed by atoms with E-state index >= 15 is 0 Å². The van der Waals surface area contributed by atoms with Crippen molar-refractivity contribution in [3.8, 4) is 29.1 Å². The zero-order chi connectivity index (χ0) is 20.7. The number of ether oxygens (including phenoxy) is 1. The largest absolute Gasteiger partial charge is 0.467 e. The monoisotopic (exact) mass is 391 g/mol. The van der Waals surface area contributed by atoms with E-state index in [1.54, 1.807) is 12.1 Å². The second-order valence-electron chi connectivity index (χ2n) is 7.05. The van der Waals surface area contributed by atoms with E-state index in [2.05, 4.69) is 27.2 Å². The number of anilines is 1. The molecule has 9 heteroatoms. The van der Waals surface area contributed by atoms with Gasteiger partial charge in [0.25, 0.3) is 11.8 Å². The van der Waals surface area contributed by atoms with E-state index in [0.29, 0.717) is 23.5 Å². The number of hydrogen-bond acceptors (Lipinski definition) is 8. The maximum absolute atomic E-state index is 9.62. The summed E-state index contributed by atoms with van der Waals surface area (Å²) in [5.74, 6) is 0.641. The normalized spacial score (nSPS) is 16.3. The second-order valence-corrected chi connectivity index (χ2v) is 7.05. The van der Waals surface area contributed by atoms with Gasteiger partial charge >= 0.3 is 0 Å². The fourth-order valence-corrected chi connectivity index (χ4v) is 3.40. The number of nitriles is 1. The molecule has 0 unspecified atom stereocenters. The molecule has 3 aromatic rings. The van der Waals surface area contributed by atoms with Crippen LogP contribution in [0.2, 0.25) is 0 Å². The number of hydrogen-bond donors (Lipinski definition) is 1. The minimum absolute atomic E-state index is 0.175. The first-order valence-corrected chi connectivity index (χ1v) is 9.12. The first kappa shape index (κ1) is 18.7. The highest BCUT2D eigenvalue weighted by Gasteiger charge is 2.26. The van der Waals surface area contributed by atoms with Gasteiger partial charge in [-0.25, -0.2) is 9.97 Å². The van der Waals surface area contributed by atoms with Crippen LogP contribution in [0.3, 0.4) is 0 Å². The zero-order valence-corrected chi connectivity index (χ0v) is 16.7. The smallest absolute Gasteiger partial charge is 0.267 e. The molecule has 2 bridgehead atoms. The topological polar surface area (TPSA) is 115 Å². The van der Waals surface area contributed by atoms with Gasteiger partial charge in [0.15, 0.2) is 11.5 Å². The summed E-state index contributed by atoms with van der Waals surface area (Å²) >= 11 is 0. The van der Waals surface area contributed by atoms with Crippen LogP contribution in [-0.4, -0.2) is 31.9 Å². The van der Waals surface area contributed by atoms with Gasteiger partial charge in [-0.2, -0.15) is 5.26 Å². The van der Waals surface area contributed by atoms with Gasteiger partial charge in [0, 0.05) is 14.1 Å². The molecule has 148 valence electrons. The number of hydroxylamine groups is 2. The Kier molecular flexibility index (Phi) is 4.56. The van der Waals surface area contributed by atoms with Crippen molar-refractivity contribution in [3.63, 3.8) is 0 Å². The quantitative estimate of drug-likeness (QED) is 0.621. The first-order chi connectivity index (χ1) is 13.9. The summed E-state index contributed by atoms with van der Waals surface area (Å²) in [5, 5.41) is 15.6. The Morgan fingerprint density at radius 3 is 2.83 bits per heavy atom. The van der Waals surface area contributed by atoms with Crippen LogP contribution in [0.15, 0.2) is 24.4 Å². The number of nitrogens with zero attached hydrogens (tertiary/aromatic N) is 6. The Morgan fingerprint density at radius 1 is 1.28 bits per heavy atom. The van der Waals surface area contributed by atoms with E-state index in [1.165, 1.54) is 10.9 Å². The van der Waals surface area contributed by atoms with Gasteiger partial charge in [-0.05, 0) is 25.0 Å². The molecule has 4 rings (SSSR count). The number of fused-ring (bicyclic) bond motifs is 5.